The van der Waals surface area contributed by atoms with Crippen molar-refractivity contribution in [1.29, 1.82) is 0 Å². The van der Waals surface area contributed by atoms with Crippen molar-refractivity contribution >= 4 is 0 Å². The van der Waals surface area contributed by atoms with E-state index in [1.54, 1.807) is 0 Å². The smallest absolute Gasteiger partial charge is 0.0202 e. The maximum Gasteiger partial charge on any atom is 0.0202 e. The van der Waals surface area contributed by atoms with Crippen LogP contribution in [0.4, 0.5) is 0 Å². The Balaban J connectivity index is 2.15. The summed E-state index contributed by atoms with van der Waals surface area (Å²) in [7, 11) is 0. The van der Waals surface area contributed by atoms with Crippen molar-refractivity contribution in [3.63, 3.8) is 0 Å². The Morgan fingerprint density at radius 1 is 1.47 bits per heavy atom. The predicted molar refractivity (Wildman–Crippen MR) is 67.1 cm³/mol. The van der Waals surface area contributed by atoms with Gasteiger partial charge in [0, 0.05) is 25.7 Å². The number of rotatable bonds is 8. The first-order chi connectivity index (χ1) is 7.11. The Kier molecular flexibility index (Phi) is 5.34. The second-order valence-corrected chi connectivity index (χ2v) is 5.06. The third kappa shape index (κ3) is 5.95. The van der Waals surface area contributed by atoms with Crippen molar-refractivity contribution < 1.29 is 0 Å². The summed E-state index contributed by atoms with van der Waals surface area (Å²) >= 11 is 0. The van der Waals surface area contributed by atoms with Crippen LogP contribution < -0.4 is 5.32 Å². The Morgan fingerprint density at radius 2 is 2.13 bits per heavy atom. The topological polar surface area (TPSA) is 15.3 Å². The molecule has 88 valence electrons. The normalized spacial score (nSPS) is 16.3. The highest BCUT2D eigenvalue weighted by atomic mass is 15.1. The zero-order valence-electron chi connectivity index (χ0n) is 10.6. The quantitative estimate of drug-likeness (QED) is 0.618. The average molecular weight is 210 g/mol. The molecule has 1 N–H and O–H groups in total. The van der Waals surface area contributed by atoms with E-state index in [0.29, 0.717) is 6.04 Å². The van der Waals surface area contributed by atoms with Gasteiger partial charge in [0.2, 0.25) is 0 Å². The average Bonchev–Trinajstić information content (AvgIpc) is 2.97. The molecule has 0 radical (unpaired) electrons. The van der Waals surface area contributed by atoms with Gasteiger partial charge >= 0.3 is 0 Å². The van der Waals surface area contributed by atoms with E-state index in [9.17, 15) is 0 Å². The maximum atomic E-state index is 4.14. The molecule has 1 fully saturated rings. The molecule has 0 heterocycles. The zero-order valence-corrected chi connectivity index (χ0v) is 10.6. The van der Waals surface area contributed by atoms with Crippen molar-refractivity contribution in [2.75, 3.05) is 26.2 Å². The summed E-state index contributed by atoms with van der Waals surface area (Å²) in [6, 6.07) is 0.556. The first-order valence-electron chi connectivity index (χ1n) is 6.24. The molecule has 0 aromatic carbocycles. The lowest BCUT2D eigenvalue weighted by Crippen LogP contribution is -2.32. The SMILES string of the molecule is C=C(CNC(C)C)CN(CC)CC1CC1. The van der Waals surface area contributed by atoms with E-state index in [0.717, 1.165) is 25.6 Å². The van der Waals surface area contributed by atoms with Gasteiger partial charge in [-0.25, -0.2) is 0 Å². The van der Waals surface area contributed by atoms with Crippen LogP contribution in [0.25, 0.3) is 0 Å². The monoisotopic (exact) mass is 210 g/mol. The lowest BCUT2D eigenvalue weighted by Gasteiger charge is -2.22. The highest BCUT2D eigenvalue weighted by molar-refractivity contribution is 5.00. The number of hydrogen-bond donors (Lipinski definition) is 1. The molecule has 0 aromatic rings. The Morgan fingerprint density at radius 3 is 2.60 bits per heavy atom. The van der Waals surface area contributed by atoms with Crippen LogP contribution in [0.2, 0.25) is 0 Å². The van der Waals surface area contributed by atoms with Crippen molar-refractivity contribution in [3.8, 4) is 0 Å². The molecule has 0 spiro atoms. The summed E-state index contributed by atoms with van der Waals surface area (Å²) in [5.74, 6) is 0.982. The molecule has 1 aliphatic carbocycles. The van der Waals surface area contributed by atoms with E-state index >= 15 is 0 Å². The number of nitrogens with zero attached hydrogens (tertiary/aromatic N) is 1. The van der Waals surface area contributed by atoms with Gasteiger partial charge in [-0.1, -0.05) is 27.4 Å². The molecular weight excluding hydrogens is 184 g/mol. The van der Waals surface area contributed by atoms with Crippen LogP contribution in [0.5, 0.6) is 0 Å². The van der Waals surface area contributed by atoms with Crippen LogP contribution in [-0.4, -0.2) is 37.1 Å². The Bertz CT molecular complexity index is 195. The molecule has 0 unspecified atom stereocenters. The standard InChI is InChI=1S/C13H26N2/c1-5-15(10-13-6-7-13)9-12(4)8-14-11(2)3/h11,13-14H,4-10H2,1-3H3. The third-order valence-corrected chi connectivity index (χ3v) is 2.87. The minimum Gasteiger partial charge on any atom is -0.311 e. The van der Waals surface area contributed by atoms with Gasteiger partial charge in [-0.3, -0.25) is 4.90 Å². The molecule has 1 saturated carbocycles. The molecule has 15 heavy (non-hydrogen) atoms. The number of likely N-dealkylation sites (N-methyl/N-ethyl adjacent to an activating group) is 1. The molecule has 0 aliphatic heterocycles. The van der Waals surface area contributed by atoms with Crippen LogP contribution in [-0.2, 0) is 0 Å². The molecule has 0 saturated heterocycles. The molecule has 2 heteroatoms. The minimum atomic E-state index is 0.556. The molecule has 0 aromatic heterocycles. The Hall–Kier alpha value is -0.340. The van der Waals surface area contributed by atoms with E-state index in [2.05, 4.69) is 37.6 Å². The van der Waals surface area contributed by atoms with E-state index in [-0.39, 0.29) is 0 Å². The van der Waals surface area contributed by atoms with E-state index in [1.165, 1.54) is 25.0 Å². The summed E-state index contributed by atoms with van der Waals surface area (Å²) in [6.45, 7) is 15.2. The van der Waals surface area contributed by atoms with Gasteiger partial charge in [-0.05, 0) is 30.9 Å². The van der Waals surface area contributed by atoms with Crippen LogP contribution in [0.1, 0.15) is 33.6 Å². The second kappa shape index (κ2) is 6.29. The van der Waals surface area contributed by atoms with Gasteiger partial charge in [0.15, 0.2) is 0 Å². The van der Waals surface area contributed by atoms with E-state index in [1.807, 2.05) is 0 Å². The first kappa shape index (κ1) is 12.7. The van der Waals surface area contributed by atoms with E-state index < -0.39 is 0 Å². The minimum absolute atomic E-state index is 0.556. The fourth-order valence-electron chi connectivity index (χ4n) is 1.69. The molecule has 2 nitrogen and oxygen atoms in total. The summed E-state index contributed by atoms with van der Waals surface area (Å²) in [5, 5.41) is 3.42. The summed E-state index contributed by atoms with van der Waals surface area (Å²) < 4.78 is 0. The highest BCUT2D eigenvalue weighted by Gasteiger charge is 2.23. The van der Waals surface area contributed by atoms with Gasteiger partial charge in [-0.15, -0.1) is 0 Å². The van der Waals surface area contributed by atoms with Gasteiger partial charge in [-0.2, -0.15) is 0 Å². The van der Waals surface area contributed by atoms with Crippen LogP contribution in [0.15, 0.2) is 12.2 Å². The lowest BCUT2D eigenvalue weighted by atomic mass is 10.2. The van der Waals surface area contributed by atoms with Crippen molar-refractivity contribution in [3.05, 3.63) is 12.2 Å². The first-order valence-corrected chi connectivity index (χ1v) is 6.24. The molecule has 1 aliphatic rings. The maximum absolute atomic E-state index is 4.14. The van der Waals surface area contributed by atoms with E-state index in [4.69, 9.17) is 0 Å². The lowest BCUT2D eigenvalue weighted by molar-refractivity contribution is 0.297. The van der Waals surface area contributed by atoms with Crippen molar-refractivity contribution in [2.24, 2.45) is 5.92 Å². The van der Waals surface area contributed by atoms with Gasteiger partial charge in [0.1, 0.15) is 0 Å². The van der Waals surface area contributed by atoms with Gasteiger partial charge < -0.3 is 5.32 Å². The summed E-state index contributed by atoms with van der Waals surface area (Å²) in [6.07, 6.45) is 2.88. The number of hydrogen-bond acceptors (Lipinski definition) is 2. The molecule has 0 atom stereocenters. The highest BCUT2D eigenvalue weighted by Crippen LogP contribution is 2.29. The fourth-order valence-corrected chi connectivity index (χ4v) is 1.69. The largest absolute Gasteiger partial charge is 0.311 e. The van der Waals surface area contributed by atoms with Crippen LogP contribution in [0, 0.1) is 5.92 Å². The molecular formula is C13H26N2. The molecule has 0 amide bonds. The second-order valence-electron chi connectivity index (χ2n) is 5.06. The number of nitrogens with one attached hydrogen (secondary N) is 1. The van der Waals surface area contributed by atoms with Crippen LogP contribution >= 0.6 is 0 Å². The third-order valence-electron chi connectivity index (χ3n) is 2.87. The fraction of sp³-hybridized carbons (Fsp3) is 0.846. The Labute approximate surface area is 94.7 Å². The van der Waals surface area contributed by atoms with Crippen LogP contribution in [0.3, 0.4) is 0 Å². The van der Waals surface area contributed by atoms with Gasteiger partial charge in [0.05, 0.1) is 0 Å². The van der Waals surface area contributed by atoms with Crippen molar-refractivity contribution in [2.45, 2.75) is 39.7 Å². The van der Waals surface area contributed by atoms with Crippen molar-refractivity contribution in [1.82, 2.24) is 10.2 Å². The summed E-state index contributed by atoms with van der Waals surface area (Å²) in [5.41, 5.74) is 1.31. The predicted octanol–water partition coefficient (Wildman–Crippen LogP) is 2.27. The summed E-state index contributed by atoms with van der Waals surface area (Å²) in [4.78, 5) is 2.52. The molecule has 1 rings (SSSR count). The zero-order chi connectivity index (χ0) is 11.3. The van der Waals surface area contributed by atoms with Gasteiger partial charge in [0.25, 0.3) is 0 Å². The molecule has 0 bridgehead atoms.